The third-order valence-electron chi connectivity index (χ3n) is 3.11. The van der Waals surface area contributed by atoms with E-state index < -0.39 is 10.1 Å². The van der Waals surface area contributed by atoms with Crippen molar-refractivity contribution in [2.24, 2.45) is 0 Å². The summed E-state index contributed by atoms with van der Waals surface area (Å²) in [5.41, 5.74) is 0.943. The van der Waals surface area contributed by atoms with Crippen LogP contribution in [-0.4, -0.2) is 30.1 Å². The Hall–Kier alpha value is -0.600. The van der Waals surface area contributed by atoms with Crippen molar-refractivity contribution in [3.05, 3.63) is 34.3 Å². The summed E-state index contributed by atoms with van der Waals surface area (Å²) < 4.78 is 30.6. The summed E-state index contributed by atoms with van der Waals surface area (Å²) in [6.45, 7) is 2.46. The van der Waals surface area contributed by atoms with Gasteiger partial charge in [0.15, 0.2) is 0 Å². The van der Waals surface area contributed by atoms with Crippen LogP contribution in [0, 0.1) is 0 Å². The van der Waals surface area contributed by atoms with Crippen LogP contribution in [0.5, 0.6) is 0 Å². The Morgan fingerprint density at radius 3 is 2.86 bits per heavy atom. The van der Waals surface area contributed by atoms with E-state index in [4.69, 9.17) is 28.4 Å². The Morgan fingerprint density at radius 1 is 1.50 bits per heavy atom. The zero-order chi connectivity index (χ0) is 16.3. The molecule has 0 aliphatic carbocycles. The molecule has 4 nitrogen and oxygen atoms in total. The fraction of sp³-hybridized carbons (Fsp3) is 0.357. The van der Waals surface area contributed by atoms with E-state index in [-0.39, 0.29) is 5.75 Å². The van der Waals surface area contributed by atoms with E-state index in [9.17, 15) is 8.42 Å². The number of thiocarbonyl (C=S) groups is 1. The van der Waals surface area contributed by atoms with Crippen LogP contribution < -0.4 is 4.90 Å². The van der Waals surface area contributed by atoms with Crippen molar-refractivity contribution < 1.29 is 13.0 Å². The van der Waals surface area contributed by atoms with Crippen LogP contribution in [0.2, 0.25) is 5.02 Å². The van der Waals surface area contributed by atoms with Crippen molar-refractivity contribution in [2.75, 3.05) is 17.2 Å². The van der Waals surface area contributed by atoms with E-state index in [0.29, 0.717) is 18.0 Å². The number of nitrogens with zero attached hydrogens (tertiary/aromatic N) is 1. The number of halogens is 1. The molecular weight excluding hydrogens is 362 g/mol. The predicted octanol–water partition coefficient (Wildman–Crippen LogP) is 4.15. The van der Waals surface area contributed by atoms with Crippen LogP contribution in [0.1, 0.15) is 19.8 Å². The number of thioether (sulfide) groups is 1. The molecule has 1 aromatic carbocycles. The first-order valence-electron chi connectivity index (χ1n) is 6.75. The first-order chi connectivity index (χ1) is 10.3. The van der Waals surface area contributed by atoms with Gasteiger partial charge in [-0.3, -0.25) is 4.55 Å². The molecule has 0 spiro atoms. The van der Waals surface area contributed by atoms with E-state index in [1.54, 1.807) is 11.8 Å². The van der Waals surface area contributed by atoms with Gasteiger partial charge in [-0.05, 0) is 37.1 Å². The molecule has 0 saturated heterocycles. The largest absolute Gasteiger partial charge is 0.335 e. The van der Waals surface area contributed by atoms with Gasteiger partial charge < -0.3 is 4.90 Å². The van der Waals surface area contributed by atoms with Gasteiger partial charge in [0.1, 0.15) is 0 Å². The highest BCUT2D eigenvalue weighted by atomic mass is 35.5. The Morgan fingerprint density at radius 2 is 2.23 bits per heavy atom. The quantitative estimate of drug-likeness (QED) is 0.456. The lowest BCUT2D eigenvalue weighted by molar-refractivity contribution is 0.481. The van der Waals surface area contributed by atoms with Gasteiger partial charge in [0.2, 0.25) is 0 Å². The molecule has 0 radical (unpaired) electrons. The highest BCUT2D eigenvalue weighted by Gasteiger charge is 2.25. The first-order valence-corrected chi connectivity index (χ1v) is 9.96. The van der Waals surface area contributed by atoms with Crippen molar-refractivity contribution in [1.29, 1.82) is 0 Å². The van der Waals surface area contributed by atoms with E-state index >= 15 is 0 Å². The molecule has 22 heavy (non-hydrogen) atoms. The lowest BCUT2D eigenvalue weighted by Crippen LogP contribution is -2.22. The normalized spacial score (nSPS) is 16.1. The molecule has 8 heteroatoms. The summed E-state index contributed by atoms with van der Waals surface area (Å²) in [6, 6.07) is 5.62. The molecule has 0 amide bonds. The summed E-state index contributed by atoms with van der Waals surface area (Å²) in [7, 11) is -3.95. The maximum Gasteiger partial charge on any atom is 0.264 e. The highest BCUT2D eigenvalue weighted by Crippen LogP contribution is 2.47. The summed E-state index contributed by atoms with van der Waals surface area (Å²) in [5, 5.41) is 1.58. The third-order valence-corrected chi connectivity index (χ3v) is 5.67. The summed E-state index contributed by atoms with van der Waals surface area (Å²) in [4.78, 5) is 3.89. The van der Waals surface area contributed by atoms with Gasteiger partial charge in [0.25, 0.3) is 10.1 Å². The van der Waals surface area contributed by atoms with Crippen molar-refractivity contribution in [3.63, 3.8) is 0 Å². The molecule has 0 unspecified atom stereocenters. The first kappa shape index (κ1) is 17.7. The number of hydrogen-bond donors (Lipinski definition) is 1. The van der Waals surface area contributed by atoms with Crippen molar-refractivity contribution >= 4 is 56.3 Å². The Balaban J connectivity index is 2.25. The van der Waals surface area contributed by atoms with E-state index in [1.807, 2.05) is 36.1 Å². The van der Waals surface area contributed by atoms with Crippen LogP contribution in [0.25, 0.3) is 0 Å². The van der Waals surface area contributed by atoms with Crippen LogP contribution in [0.3, 0.4) is 0 Å². The average molecular weight is 378 g/mol. The lowest BCUT2D eigenvalue weighted by atomic mass is 10.2. The molecule has 0 fully saturated rings. The van der Waals surface area contributed by atoms with Crippen LogP contribution in [-0.2, 0) is 10.1 Å². The SMILES string of the molecule is CCC(=S)/C=C1\Sc2ccc(Cl)cc2N1CCCS(=O)(=O)O. The molecule has 1 aliphatic rings. The summed E-state index contributed by atoms with van der Waals surface area (Å²) in [5.74, 6) is -0.268. The average Bonchev–Trinajstić information content (AvgIpc) is 2.75. The molecule has 120 valence electrons. The minimum Gasteiger partial charge on any atom is -0.335 e. The van der Waals surface area contributed by atoms with E-state index in [1.165, 1.54) is 0 Å². The maximum absolute atomic E-state index is 10.9. The lowest BCUT2D eigenvalue weighted by Gasteiger charge is -2.20. The molecule has 1 heterocycles. The minimum absolute atomic E-state index is 0.268. The van der Waals surface area contributed by atoms with Gasteiger partial charge in [-0.25, -0.2) is 0 Å². The molecule has 0 bridgehead atoms. The van der Waals surface area contributed by atoms with Gasteiger partial charge in [0, 0.05) is 21.3 Å². The summed E-state index contributed by atoms with van der Waals surface area (Å²) in [6.07, 6.45) is 3.03. The van der Waals surface area contributed by atoms with Gasteiger partial charge in [-0.15, -0.1) is 0 Å². The van der Waals surface area contributed by atoms with Crippen molar-refractivity contribution in [3.8, 4) is 0 Å². The molecule has 1 aromatic rings. The fourth-order valence-electron chi connectivity index (χ4n) is 2.06. The van der Waals surface area contributed by atoms with Crippen LogP contribution in [0.4, 0.5) is 5.69 Å². The van der Waals surface area contributed by atoms with Gasteiger partial charge in [0.05, 0.1) is 16.5 Å². The minimum atomic E-state index is -3.95. The Labute approximate surface area is 145 Å². The molecular formula is C14H16ClNO3S3. The van der Waals surface area contributed by atoms with Crippen LogP contribution in [0.15, 0.2) is 34.2 Å². The number of hydrogen-bond acceptors (Lipinski definition) is 5. The predicted molar refractivity (Wildman–Crippen MR) is 96.7 cm³/mol. The highest BCUT2D eigenvalue weighted by molar-refractivity contribution is 8.03. The number of benzene rings is 1. The fourth-order valence-corrected chi connectivity index (χ4v) is 4.04. The van der Waals surface area contributed by atoms with Crippen molar-refractivity contribution in [2.45, 2.75) is 24.7 Å². The molecule has 0 aromatic heterocycles. The standard InChI is InChI=1S/C14H16ClNO3S3/c1-2-11(20)9-14-16(6-3-7-22(17,18)19)12-8-10(15)4-5-13(12)21-14/h4-5,8-9H,2-3,6-7H2,1H3,(H,17,18,19)/b14-9-. The number of fused-ring (bicyclic) bond motifs is 1. The van der Waals surface area contributed by atoms with Gasteiger partial charge in [-0.2, -0.15) is 8.42 Å². The smallest absolute Gasteiger partial charge is 0.264 e. The molecule has 2 rings (SSSR count). The van der Waals surface area contributed by atoms with Gasteiger partial charge in [-0.1, -0.05) is 42.5 Å². The zero-order valence-corrected chi connectivity index (χ0v) is 15.2. The maximum atomic E-state index is 10.9. The van der Waals surface area contributed by atoms with Crippen molar-refractivity contribution in [1.82, 2.24) is 0 Å². The topological polar surface area (TPSA) is 57.6 Å². The molecule has 0 atom stereocenters. The molecule has 1 aliphatic heterocycles. The second-order valence-corrected chi connectivity index (χ2v) is 8.40. The second kappa shape index (κ2) is 7.31. The van der Waals surface area contributed by atoms with Crippen LogP contribution >= 0.6 is 35.6 Å². The third kappa shape index (κ3) is 4.70. The summed E-state index contributed by atoms with van der Waals surface area (Å²) >= 11 is 12.9. The number of rotatable bonds is 6. The van der Waals surface area contributed by atoms with E-state index in [0.717, 1.165) is 26.9 Å². The monoisotopic (exact) mass is 377 g/mol. The number of anilines is 1. The molecule has 0 saturated carbocycles. The Kier molecular flexibility index (Phi) is 5.90. The van der Waals surface area contributed by atoms with Gasteiger partial charge >= 0.3 is 0 Å². The Bertz CT molecular complexity index is 716. The van der Waals surface area contributed by atoms with E-state index in [2.05, 4.69) is 0 Å². The number of allylic oxidation sites excluding steroid dienone is 1. The zero-order valence-electron chi connectivity index (χ0n) is 12.0. The molecule has 1 N–H and O–H groups in total. The second-order valence-electron chi connectivity index (χ2n) is 4.81.